The Morgan fingerprint density at radius 3 is 1.32 bits per heavy atom. The zero-order valence-corrected chi connectivity index (χ0v) is 23.8. The third kappa shape index (κ3) is 17.9. The Kier molecular flexibility index (Phi) is 22.1. The minimum absolute atomic E-state index is 0.587. The second-order valence-electron chi connectivity index (χ2n) is 8.65. The van der Waals surface area contributed by atoms with Gasteiger partial charge in [0, 0.05) is 36.2 Å². The molecule has 0 spiro atoms. The maximum atomic E-state index is 6.18. The van der Waals surface area contributed by atoms with Gasteiger partial charge in [0.25, 0.3) is 0 Å². The molecule has 0 rings (SSSR count). The summed E-state index contributed by atoms with van der Waals surface area (Å²) in [6.07, 6.45) is 12.8. The molecule has 0 saturated carbocycles. The van der Waals surface area contributed by atoms with E-state index in [1.165, 1.54) is 75.7 Å². The van der Waals surface area contributed by atoms with Crippen LogP contribution in [0.3, 0.4) is 0 Å². The topological polar surface area (TPSA) is 18.5 Å². The summed E-state index contributed by atoms with van der Waals surface area (Å²) < 4.78 is 12.4. The summed E-state index contributed by atoms with van der Waals surface area (Å²) in [5, 5.41) is 0. The van der Waals surface area contributed by atoms with Crippen LogP contribution >= 0.6 is 21.6 Å². The lowest BCUT2D eigenvalue weighted by Crippen LogP contribution is -2.28. The molecule has 0 fully saturated rings. The molecule has 2 unspecified atom stereocenters. The quantitative estimate of drug-likeness (QED) is 0.102. The van der Waals surface area contributed by atoms with E-state index >= 15 is 0 Å². The second-order valence-corrected chi connectivity index (χ2v) is 17.8. The lowest BCUT2D eigenvalue weighted by atomic mass is 10.3. The van der Waals surface area contributed by atoms with Crippen molar-refractivity contribution in [1.29, 1.82) is 0 Å². The van der Waals surface area contributed by atoms with Crippen molar-refractivity contribution >= 4 is 39.2 Å². The van der Waals surface area contributed by atoms with Crippen molar-refractivity contribution in [1.82, 2.24) is 0 Å². The SMILES string of the molecule is CCCCCOC(CCCSSCCCC(OCCCCC)[SiH](C)C)[SiH](C)C. The van der Waals surface area contributed by atoms with Crippen LogP contribution in [0.5, 0.6) is 0 Å². The summed E-state index contributed by atoms with van der Waals surface area (Å²) in [4.78, 5) is 0. The van der Waals surface area contributed by atoms with Crippen molar-refractivity contribution in [2.24, 2.45) is 0 Å². The third-order valence-electron chi connectivity index (χ3n) is 5.16. The van der Waals surface area contributed by atoms with Crippen LogP contribution in [-0.2, 0) is 9.47 Å². The van der Waals surface area contributed by atoms with Gasteiger partial charge in [-0.15, -0.1) is 0 Å². The van der Waals surface area contributed by atoms with Crippen LogP contribution in [0.2, 0.25) is 26.2 Å². The summed E-state index contributed by atoms with van der Waals surface area (Å²) >= 11 is 0. The van der Waals surface area contributed by atoms with Crippen molar-refractivity contribution in [3.05, 3.63) is 0 Å². The highest BCUT2D eigenvalue weighted by atomic mass is 33.1. The van der Waals surface area contributed by atoms with Crippen molar-refractivity contribution in [2.45, 2.75) is 116 Å². The Bertz CT molecular complexity index is 291. The molecule has 0 heterocycles. The molecule has 0 saturated heterocycles. The van der Waals surface area contributed by atoms with Gasteiger partial charge in [-0.05, 0) is 38.5 Å². The second kappa shape index (κ2) is 21.3. The summed E-state index contributed by atoms with van der Waals surface area (Å²) in [6, 6.07) is 0. The van der Waals surface area contributed by atoms with Crippen molar-refractivity contribution in [3.63, 3.8) is 0 Å². The number of hydrogen-bond acceptors (Lipinski definition) is 4. The van der Waals surface area contributed by atoms with Crippen molar-refractivity contribution < 1.29 is 9.47 Å². The van der Waals surface area contributed by atoms with Crippen LogP contribution in [0.1, 0.15) is 78.1 Å². The van der Waals surface area contributed by atoms with Gasteiger partial charge in [0.2, 0.25) is 0 Å². The van der Waals surface area contributed by atoms with Crippen LogP contribution in [0.15, 0.2) is 0 Å². The van der Waals surface area contributed by atoms with E-state index in [4.69, 9.17) is 9.47 Å². The van der Waals surface area contributed by atoms with E-state index in [0.29, 0.717) is 11.5 Å². The zero-order chi connectivity index (χ0) is 21.0. The van der Waals surface area contributed by atoms with Crippen molar-refractivity contribution in [3.8, 4) is 0 Å². The molecule has 0 aliphatic heterocycles. The average molecular weight is 467 g/mol. The molecule has 6 heteroatoms. The molecule has 0 aromatic rings. The minimum atomic E-state index is -0.691. The zero-order valence-electron chi connectivity index (χ0n) is 19.8. The normalized spacial score (nSPS) is 14.1. The van der Waals surface area contributed by atoms with Crippen LogP contribution in [0.4, 0.5) is 0 Å². The maximum Gasteiger partial charge on any atom is 0.0656 e. The van der Waals surface area contributed by atoms with Gasteiger partial charge in [-0.3, -0.25) is 0 Å². The molecular formula is C22H50O2S2Si2. The van der Waals surface area contributed by atoms with Crippen LogP contribution in [0, 0.1) is 0 Å². The van der Waals surface area contributed by atoms with E-state index in [1.54, 1.807) is 0 Å². The molecule has 2 nitrogen and oxygen atoms in total. The van der Waals surface area contributed by atoms with E-state index in [2.05, 4.69) is 61.6 Å². The first kappa shape index (κ1) is 29.1. The van der Waals surface area contributed by atoms with E-state index in [0.717, 1.165) is 13.2 Å². The molecule has 0 radical (unpaired) electrons. The Hall–Kier alpha value is 1.05. The molecule has 2 atom stereocenters. The fourth-order valence-electron chi connectivity index (χ4n) is 3.20. The number of ether oxygens (including phenoxy) is 2. The molecule has 0 aliphatic carbocycles. The Morgan fingerprint density at radius 1 is 0.607 bits per heavy atom. The molecule has 0 bridgehead atoms. The maximum absolute atomic E-state index is 6.18. The highest BCUT2D eigenvalue weighted by Crippen LogP contribution is 2.25. The molecular weight excluding hydrogens is 417 g/mol. The Balaban J connectivity index is 3.68. The number of unbranched alkanes of at least 4 members (excludes halogenated alkanes) is 4. The van der Waals surface area contributed by atoms with E-state index in [9.17, 15) is 0 Å². The van der Waals surface area contributed by atoms with Gasteiger partial charge in [0.05, 0.1) is 17.6 Å². The number of hydrogen-bond donors (Lipinski definition) is 0. The average Bonchev–Trinajstić information content (AvgIpc) is 2.66. The van der Waals surface area contributed by atoms with Crippen LogP contribution in [-0.4, -0.2) is 53.8 Å². The van der Waals surface area contributed by atoms with Crippen LogP contribution < -0.4 is 0 Å². The number of rotatable bonds is 21. The summed E-state index contributed by atoms with van der Waals surface area (Å²) in [5.74, 6) is 2.55. The van der Waals surface area contributed by atoms with E-state index < -0.39 is 17.6 Å². The van der Waals surface area contributed by atoms with Gasteiger partial charge in [-0.25, -0.2) is 0 Å². The first-order valence-corrected chi connectivity index (χ1v) is 20.4. The summed E-state index contributed by atoms with van der Waals surface area (Å²) in [6.45, 7) is 16.2. The van der Waals surface area contributed by atoms with Crippen molar-refractivity contribution in [2.75, 3.05) is 24.7 Å². The molecule has 0 aliphatic rings. The predicted molar refractivity (Wildman–Crippen MR) is 140 cm³/mol. The first-order valence-electron chi connectivity index (χ1n) is 12.0. The van der Waals surface area contributed by atoms with Gasteiger partial charge >= 0.3 is 0 Å². The van der Waals surface area contributed by atoms with E-state index in [-0.39, 0.29) is 0 Å². The lowest BCUT2D eigenvalue weighted by molar-refractivity contribution is 0.0931. The minimum Gasteiger partial charge on any atom is -0.382 e. The van der Waals surface area contributed by atoms with Gasteiger partial charge in [0.1, 0.15) is 0 Å². The smallest absolute Gasteiger partial charge is 0.0656 e. The highest BCUT2D eigenvalue weighted by Gasteiger charge is 2.15. The van der Waals surface area contributed by atoms with Gasteiger partial charge in [-0.1, -0.05) is 87.3 Å². The monoisotopic (exact) mass is 466 g/mol. The van der Waals surface area contributed by atoms with E-state index in [1.807, 2.05) is 0 Å². The standard InChI is InChI=1S/C22H50O2S2Si2/c1-7-9-11-17-23-21(27(3)4)15-13-19-25-26-20-14-16-22(28(5)6)24-18-12-10-8-2/h21-22,27-28H,7-20H2,1-6H3. The Labute approximate surface area is 188 Å². The fourth-order valence-corrected chi connectivity index (χ4v) is 8.26. The summed E-state index contributed by atoms with van der Waals surface area (Å²) in [5.41, 5.74) is 1.17. The molecule has 0 amide bonds. The van der Waals surface area contributed by atoms with Gasteiger partial charge < -0.3 is 9.47 Å². The molecule has 0 aromatic carbocycles. The van der Waals surface area contributed by atoms with Crippen LogP contribution in [0.25, 0.3) is 0 Å². The van der Waals surface area contributed by atoms with Gasteiger partial charge in [0.15, 0.2) is 0 Å². The summed E-state index contributed by atoms with van der Waals surface area (Å²) in [7, 11) is 2.76. The predicted octanol–water partition coefficient (Wildman–Crippen LogP) is 7.13. The first-order chi connectivity index (χ1) is 13.5. The molecule has 0 aromatic heterocycles. The third-order valence-corrected chi connectivity index (χ3v) is 11.8. The molecule has 170 valence electrons. The largest absolute Gasteiger partial charge is 0.382 e. The molecule has 0 N–H and O–H groups in total. The highest BCUT2D eigenvalue weighted by molar-refractivity contribution is 8.76. The fraction of sp³-hybridized carbons (Fsp3) is 1.00. The Morgan fingerprint density at radius 2 is 1.00 bits per heavy atom. The molecule has 28 heavy (non-hydrogen) atoms. The van der Waals surface area contributed by atoms with Gasteiger partial charge in [-0.2, -0.15) is 0 Å². The lowest BCUT2D eigenvalue weighted by Gasteiger charge is -2.21.